The lowest BCUT2D eigenvalue weighted by Gasteiger charge is -2.26. The highest BCUT2D eigenvalue weighted by atomic mass is 32.2. The van der Waals surface area contributed by atoms with Crippen LogP contribution in [0, 0.1) is 0 Å². The smallest absolute Gasteiger partial charge is 0.240 e. The molecule has 0 unspecified atom stereocenters. The zero-order valence-electron chi connectivity index (χ0n) is 16.0. The van der Waals surface area contributed by atoms with Gasteiger partial charge in [-0.15, -0.1) is 0 Å². The van der Waals surface area contributed by atoms with Crippen molar-refractivity contribution in [2.75, 3.05) is 63.1 Å². The average Bonchev–Trinajstić information content (AvgIpc) is 2.64. The Morgan fingerprint density at radius 3 is 2.52 bits per heavy atom. The summed E-state index contributed by atoms with van der Waals surface area (Å²) in [5.74, 6) is 0.332. The maximum absolute atomic E-state index is 12.2. The van der Waals surface area contributed by atoms with Gasteiger partial charge in [0.2, 0.25) is 15.9 Å². The van der Waals surface area contributed by atoms with E-state index < -0.39 is 10.0 Å². The minimum Gasteiger partial charge on any atom is -0.494 e. The fourth-order valence-electron chi connectivity index (χ4n) is 2.82. The van der Waals surface area contributed by atoms with Gasteiger partial charge in [-0.05, 0) is 44.2 Å². The number of sulfonamides is 1. The summed E-state index contributed by atoms with van der Waals surface area (Å²) in [5.41, 5.74) is 0.435. The number of hydrogen-bond acceptors (Lipinski definition) is 6. The van der Waals surface area contributed by atoms with Gasteiger partial charge in [-0.3, -0.25) is 14.0 Å². The van der Waals surface area contributed by atoms with E-state index in [1.54, 1.807) is 24.3 Å². The van der Waals surface area contributed by atoms with E-state index in [2.05, 4.69) is 10.2 Å². The van der Waals surface area contributed by atoms with Gasteiger partial charge >= 0.3 is 0 Å². The monoisotopic (exact) mass is 399 g/mol. The predicted molar refractivity (Wildman–Crippen MR) is 105 cm³/mol. The second kappa shape index (κ2) is 10.5. The van der Waals surface area contributed by atoms with E-state index in [1.807, 2.05) is 6.92 Å². The lowest BCUT2D eigenvalue weighted by Crippen LogP contribution is -2.41. The molecule has 2 rings (SSSR count). The van der Waals surface area contributed by atoms with E-state index in [-0.39, 0.29) is 12.5 Å². The normalized spacial score (nSPS) is 15.3. The summed E-state index contributed by atoms with van der Waals surface area (Å²) >= 11 is 0. The number of ether oxygens (including phenoxy) is 2. The number of nitrogens with zero attached hydrogens (tertiary/aromatic N) is 2. The quantitative estimate of drug-likeness (QED) is 0.583. The van der Waals surface area contributed by atoms with Gasteiger partial charge in [-0.1, -0.05) is 0 Å². The van der Waals surface area contributed by atoms with E-state index in [0.29, 0.717) is 24.6 Å². The molecule has 8 nitrogen and oxygen atoms in total. The molecular weight excluding hydrogens is 370 g/mol. The van der Waals surface area contributed by atoms with Gasteiger partial charge < -0.3 is 14.8 Å². The van der Waals surface area contributed by atoms with Gasteiger partial charge in [0.15, 0.2) is 0 Å². The van der Waals surface area contributed by atoms with Crippen LogP contribution in [0.2, 0.25) is 0 Å². The SMILES string of the molecule is CCOc1ccc(N(CC(=O)NCCCN2CCOCC2)S(C)(=O)=O)cc1. The molecule has 1 amide bonds. The Hall–Kier alpha value is -1.84. The van der Waals surface area contributed by atoms with Crippen molar-refractivity contribution in [2.24, 2.45) is 0 Å². The number of carbonyl (C=O) groups excluding carboxylic acids is 1. The number of hydrogen-bond donors (Lipinski definition) is 1. The Kier molecular flexibility index (Phi) is 8.33. The molecule has 0 bridgehead atoms. The number of benzene rings is 1. The summed E-state index contributed by atoms with van der Waals surface area (Å²) in [6.45, 7) is 6.87. The van der Waals surface area contributed by atoms with Crippen molar-refractivity contribution in [3.05, 3.63) is 24.3 Å². The second-order valence-electron chi connectivity index (χ2n) is 6.35. The number of morpholine rings is 1. The van der Waals surface area contributed by atoms with Crippen molar-refractivity contribution in [1.82, 2.24) is 10.2 Å². The predicted octanol–water partition coefficient (Wildman–Crippen LogP) is 0.690. The Bertz CT molecular complexity index is 687. The highest BCUT2D eigenvalue weighted by Crippen LogP contribution is 2.21. The lowest BCUT2D eigenvalue weighted by molar-refractivity contribution is -0.119. The molecule has 1 fully saturated rings. The van der Waals surface area contributed by atoms with E-state index in [4.69, 9.17) is 9.47 Å². The lowest BCUT2D eigenvalue weighted by atomic mass is 10.3. The van der Waals surface area contributed by atoms with Crippen LogP contribution in [0.25, 0.3) is 0 Å². The van der Waals surface area contributed by atoms with Crippen molar-refractivity contribution >= 4 is 21.6 Å². The Labute approximate surface area is 161 Å². The van der Waals surface area contributed by atoms with Crippen molar-refractivity contribution in [3.63, 3.8) is 0 Å². The molecule has 1 aliphatic rings. The first-order valence-corrected chi connectivity index (χ1v) is 11.0. The first kappa shape index (κ1) is 21.5. The highest BCUT2D eigenvalue weighted by molar-refractivity contribution is 7.92. The summed E-state index contributed by atoms with van der Waals surface area (Å²) in [5, 5.41) is 2.80. The summed E-state index contributed by atoms with van der Waals surface area (Å²) in [6.07, 6.45) is 1.91. The minimum atomic E-state index is -3.58. The summed E-state index contributed by atoms with van der Waals surface area (Å²) in [4.78, 5) is 14.5. The standard InChI is InChI=1S/C18H29N3O5S/c1-3-26-17-7-5-16(6-8-17)21(27(2,23)24)15-18(22)19-9-4-10-20-11-13-25-14-12-20/h5-8H,3-4,9-15H2,1-2H3,(H,19,22). The van der Waals surface area contributed by atoms with Crippen LogP contribution in [0.5, 0.6) is 5.75 Å². The minimum absolute atomic E-state index is 0.246. The molecule has 0 spiro atoms. The maximum atomic E-state index is 12.2. The second-order valence-corrected chi connectivity index (χ2v) is 8.26. The van der Waals surface area contributed by atoms with Gasteiger partial charge in [0, 0.05) is 19.6 Å². The number of nitrogens with one attached hydrogen (secondary N) is 1. The number of rotatable bonds is 10. The maximum Gasteiger partial charge on any atom is 0.240 e. The van der Waals surface area contributed by atoms with Gasteiger partial charge in [0.1, 0.15) is 12.3 Å². The van der Waals surface area contributed by atoms with Crippen LogP contribution in [0.3, 0.4) is 0 Å². The third kappa shape index (κ3) is 7.36. The van der Waals surface area contributed by atoms with Crippen LogP contribution < -0.4 is 14.4 Å². The van der Waals surface area contributed by atoms with Crippen molar-refractivity contribution in [2.45, 2.75) is 13.3 Å². The topological polar surface area (TPSA) is 88.2 Å². The van der Waals surface area contributed by atoms with Crippen molar-refractivity contribution < 1.29 is 22.7 Å². The molecule has 1 saturated heterocycles. The molecule has 1 aromatic rings. The molecule has 0 aliphatic carbocycles. The van der Waals surface area contributed by atoms with Crippen LogP contribution in [-0.2, 0) is 19.6 Å². The molecule has 9 heteroatoms. The van der Waals surface area contributed by atoms with Gasteiger partial charge in [-0.25, -0.2) is 8.42 Å². The largest absolute Gasteiger partial charge is 0.494 e. The van der Waals surface area contributed by atoms with Crippen LogP contribution in [0.15, 0.2) is 24.3 Å². The molecule has 1 aliphatic heterocycles. The first-order chi connectivity index (χ1) is 12.9. The summed E-state index contributed by atoms with van der Waals surface area (Å²) in [6, 6.07) is 6.66. The third-order valence-corrected chi connectivity index (χ3v) is 5.34. The van der Waals surface area contributed by atoms with E-state index >= 15 is 0 Å². The first-order valence-electron chi connectivity index (χ1n) is 9.17. The summed E-state index contributed by atoms with van der Waals surface area (Å²) in [7, 11) is -3.58. The molecule has 27 heavy (non-hydrogen) atoms. The third-order valence-electron chi connectivity index (χ3n) is 4.20. The van der Waals surface area contributed by atoms with Crippen molar-refractivity contribution in [1.29, 1.82) is 0 Å². The Morgan fingerprint density at radius 1 is 1.26 bits per heavy atom. The van der Waals surface area contributed by atoms with Crippen molar-refractivity contribution in [3.8, 4) is 5.75 Å². The zero-order chi connectivity index (χ0) is 19.7. The van der Waals surface area contributed by atoms with E-state index in [0.717, 1.165) is 49.8 Å². The fourth-order valence-corrected chi connectivity index (χ4v) is 3.67. The number of amides is 1. The molecule has 152 valence electrons. The van der Waals surface area contributed by atoms with Crippen LogP contribution in [0.4, 0.5) is 5.69 Å². The zero-order valence-corrected chi connectivity index (χ0v) is 16.8. The van der Waals surface area contributed by atoms with Gasteiger partial charge in [-0.2, -0.15) is 0 Å². The fraction of sp³-hybridized carbons (Fsp3) is 0.611. The molecule has 0 saturated carbocycles. The van der Waals surface area contributed by atoms with Crippen LogP contribution in [-0.4, -0.2) is 78.0 Å². The van der Waals surface area contributed by atoms with Crippen LogP contribution >= 0.6 is 0 Å². The molecule has 0 radical (unpaired) electrons. The van der Waals surface area contributed by atoms with Crippen LogP contribution in [0.1, 0.15) is 13.3 Å². The number of anilines is 1. The van der Waals surface area contributed by atoms with Gasteiger partial charge in [0.25, 0.3) is 0 Å². The number of carbonyl (C=O) groups is 1. The highest BCUT2D eigenvalue weighted by Gasteiger charge is 2.20. The molecule has 1 heterocycles. The Balaban J connectivity index is 1.84. The molecule has 0 atom stereocenters. The molecule has 1 aromatic carbocycles. The average molecular weight is 400 g/mol. The molecule has 1 N–H and O–H groups in total. The molecular formula is C18H29N3O5S. The summed E-state index contributed by atoms with van der Waals surface area (Å²) < 4.78 is 36.0. The Morgan fingerprint density at radius 2 is 1.93 bits per heavy atom. The van der Waals surface area contributed by atoms with E-state index in [1.165, 1.54) is 0 Å². The van der Waals surface area contributed by atoms with E-state index in [9.17, 15) is 13.2 Å². The molecule has 0 aromatic heterocycles. The van der Waals surface area contributed by atoms with Gasteiger partial charge in [0.05, 0.1) is 31.8 Å².